The molecule has 1 amide bonds. The highest BCUT2D eigenvalue weighted by atomic mass is 16.6. The van der Waals surface area contributed by atoms with Crippen LogP contribution in [0.2, 0.25) is 0 Å². The van der Waals surface area contributed by atoms with Gasteiger partial charge >= 0.3 is 0 Å². The Hall–Kier alpha value is -2.69. The molecular formula is C20H23NO4. The number of hydrogen-bond donors (Lipinski definition) is 1. The van der Waals surface area contributed by atoms with E-state index >= 15 is 0 Å². The molecule has 1 N–H and O–H groups in total. The van der Waals surface area contributed by atoms with Crippen LogP contribution in [0.3, 0.4) is 0 Å². The molecule has 0 saturated carbocycles. The third kappa shape index (κ3) is 4.24. The van der Waals surface area contributed by atoms with Crippen LogP contribution in [0.4, 0.5) is 5.69 Å². The number of amides is 1. The molecule has 0 radical (unpaired) electrons. The third-order valence-corrected chi connectivity index (χ3v) is 3.95. The van der Waals surface area contributed by atoms with Gasteiger partial charge in [0.2, 0.25) is 0 Å². The lowest BCUT2D eigenvalue weighted by molar-refractivity contribution is -0.122. The number of nitrogens with one attached hydrogen (secondary N) is 1. The van der Waals surface area contributed by atoms with Crippen LogP contribution in [0, 0.1) is 13.8 Å². The average Bonchev–Trinajstić information content (AvgIpc) is 2.58. The van der Waals surface area contributed by atoms with Crippen molar-refractivity contribution in [2.24, 2.45) is 0 Å². The van der Waals surface area contributed by atoms with E-state index in [2.05, 4.69) is 11.4 Å². The minimum absolute atomic E-state index is 0.182. The molecule has 1 unspecified atom stereocenters. The first-order valence-electron chi connectivity index (χ1n) is 8.50. The standard InChI is InChI=1S/C20H23NO4/c1-4-17(25-16-10-13(2)9-14(3)11-16)20(22)21-15-5-6-18-19(12-15)24-8-7-23-18/h5-6,9-12,17H,4,7-8H2,1-3H3,(H,21,22). The maximum absolute atomic E-state index is 12.6. The second-order valence-corrected chi connectivity index (χ2v) is 6.19. The molecule has 5 heteroatoms. The summed E-state index contributed by atoms with van der Waals surface area (Å²) in [5, 5.41) is 2.89. The van der Waals surface area contributed by atoms with Gasteiger partial charge in [0.25, 0.3) is 5.91 Å². The van der Waals surface area contributed by atoms with E-state index in [1.165, 1.54) is 0 Å². The maximum Gasteiger partial charge on any atom is 0.265 e. The summed E-state index contributed by atoms with van der Waals surface area (Å²) in [6, 6.07) is 11.3. The second-order valence-electron chi connectivity index (χ2n) is 6.19. The number of anilines is 1. The van der Waals surface area contributed by atoms with Gasteiger partial charge in [-0.1, -0.05) is 13.0 Å². The number of carbonyl (C=O) groups is 1. The number of fused-ring (bicyclic) bond motifs is 1. The summed E-state index contributed by atoms with van der Waals surface area (Å²) in [5.74, 6) is 1.87. The Balaban J connectivity index is 1.70. The maximum atomic E-state index is 12.6. The number of aryl methyl sites for hydroxylation is 2. The zero-order valence-corrected chi connectivity index (χ0v) is 14.8. The predicted molar refractivity (Wildman–Crippen MR) is 96.7 cm³/mol. The highest BCUT2D eigenvalue weighted by molar-refractivity contribution is 5.94. The van der Waals surface area contributed by atoms with Gasteiger partial charge < -0.3 is 19.5 Å². The van der Waals surface area contributed by atoms with Gasteiger partial charge in [-0.15, -0.1) is 0 Å². The van der Waals surface area contributed by atoms with Crippen molar-refractivity contribution in [1.29, 1.82) is 0 Å². The fourth-order valence-electron chi connectivity index (χ4n) is 2.83. The lowest BCUT2D eigenvalue weighted by Crippen LogP contribution is -2.32. The third-order valence-electron chi connectivity index (χ3n) is 3.95. The normalized spacial score (nSPS) is 13.9. The molecule has 2 aromatic rings. The van der Waals surface area contributed by atoms with Gasteiger partial charge in [0.1, 0.15) is 19.0 Å². The van der Waals surface area contributed by atoms with Gasteiger partial charge in [-0.2, -0.15) is 0 Å². The number of ether oxygens (including phenoxy) is 3. The van der Waals surface area contributed by atoms with Crippen LogP contribution in [0.1, 0.15) is 24.5 Å². The predicted octanol–water partition coefficient (Wildman–Crippen LogP) is 3.87. The highest BCUT2D eigenvalue weighted by Gasteiger charge is 2.20. The monoisotopic (exact) mass is 341 g/mol. The van der Waals surface area contributed by atoms with Crippen molar-refractivity contribution in [2.75, 3.05) is 18.5 Å². The summed E-state index contributed by atoms with van der Waals surface area (Å²) in [7, 11) is 0. The Bertz CT molecular complexity index is 752. The van der Waals surface area contributed by atoms with Gasteiger partial charge in [-0.3, -0.25) is 4.79 Å². The minimum Gasteiger partial charge on any atom is -0.486 e. The van der Waals surface area contributed by atoms with Gasteiger partial charge in [0, 0.05) is 11.8 Å². The number of rotatable bonds is 5. The summed E-state index contributed by atoms with van der Waals surface area (Å²) in [5.41, 5.74) is 2.88. The van der Waals surface area contributed by atoms with Crippen LogP contribution in [-0.2, 0) is 4.79 Å². The molecule has 1 aliphatic heterocycles. The summed E-state index contributed by atoms with van der Waals surface area (Å²) in [6.45, 7) is 7.00. The summed E-state index contributed by atoms with van der Waals surface area (Å²) < 4.78 is 16.9. The van der Waals surface area contributed by atoms with Crippen molar-refractivity contribution < 1.29 is 19.0 Å². The van der Waals surface area contributed by atoms with Crippen LogP contribution < -0.4 is 19.5 Å². The average molecular weight is 341 g/mol. The molecule has 1 aliphatic rings. The quantitative estimate of drug-likeness (QED) is 0.897. The van der Waals surface area contributed by atoms with Gasteiger partial charge in [-0.05, 0) is 55.7 Å². The van der Waals surface area contributed by atoms with Gasteiger partial charge in [-0.25, -0.2) is 0 Å². The molecule has 1 heterocycles. The van der Waals surface area contributed by atoms with E-state index in [0.717, 1.165) is 11.1 Å². The Labute approximate surface area is 147 Å². The largest absolute Gasteiger partial charge is 0.486 e. The molecule has 3 rings (SSSR count). The van der Waals surface area contributed by atoms with E-state index < -0.39 is 6.10 Å². The summed E-state index contributed by atoms with van der Waals surface area (Å²) >= 11 is 0. The van der Waals surface area contributed by atoms with E-state index in [0.29, 0.717) is 42.6 Å². The molecule has 0 aliphatic carbocycles. The van der Waals surface area contributed by atoms with E-state index in [1.807, 2.05) is 32.9 Å². The molecule has 1 atom stereocenters. The summed E-state index contributed by atoms with van der Waals surface area (Å²) in [6.07, 6.45) is 0.0121. The molecule has 0 fully saturated rings. The number of benzene rings is 2. The topological polar surface area (TPSA) is 56.8 Å². The van der Waals surface area contributed by atoms with Gasteiger partial charge in [0.05, 0.1) is 0 Å². The molecule has 132 valence electrons. The van der Waals surface area contributed by atoms with E-state index in [1.54, 1.807) is 18.2 Å². The zero-order valence-electron chi connectivity index (χ0n) is 14.8. The lowest BCUT2D eigenvalue weighted by atomic mass is 10.1. The van der Waals surface area contributed by atoms with Gasteiger partial charge in [0.15, 0.2) is 17.6 Å². The van der Waals surface area contributed by atoms with Crippen LogP contribution in [-0.4, -0.2) is 25.2 Å². The molecule has 0 spiro atoms. The second kappa shape index (κ2) is 7.47. The van der Waals surface area contributed by atoms with Crippen molar-refractivity contribution in [2.45, 2.75) is 33.3 Å². The molecule has 0 aromatic heterocycles. The first-order valence-corrected chi connectivity index (χ1v) is 8.50. The minimum atomic E-state index is -0.561. The molecule has 25 heavy (non-hydrogen) atoms. The molecule has 0 saturated heterocycles. The lowest BCUT2D eigenvalue weighted by Gasteiger charge is -2.20. The fourth-order valence-corrected chi connectivity index (χ4v) is 2.83. The van der Waals surface area contributed by atoms with Crippen molar-refractivity contribution in [3.05, 3.63) is 47.5 Å². The van der Waals surface area contributed by atoms with Crippen molar-refractivity contribution >= 4 is 11.6 Å². The number of carbonyl (C=O) groups excluding carboxylic acids is 1. The Kier molecular flexibility index (Phi) is 5.12. The van der Waals surface area contributed by atoms with Crippen LogP contribution in [0.25, 0.3) is 0 Å². The molecule has 0 bridgehead atoms. The fraction of sp³-hybridized carbons (Fsp3) is 0.350. The van der Waals surface area contributed by atoms with Crippen molar-refractivity contribution in [3.8, 4) is 17.2 Å². The highest BCUT2D eigenvalue weighted by Crippen LogP contribution is 2.32. The zero-order chi connectivity index (χ0) is 17.8. The SMILES string of the molecule is CCC(Oc1cc(C)cc(C)c1)C(=O)Nc1ccc2c(c1)OCCO2. The van der Waals surface area contributed by atoms with E-state index in [4.69, 9.17) is 14.2 Å². The Morgan fingerprint density at radius 3 is 2.44 bits per heavy atom. The molecule has 2 aromatic carbocycles. The van der Waals surface area contributed by atoms with E-state index in [9.17, 15) is 4.79 Å². The van der Waals surface area contributed by atoms with Crippen LogP contribution in [0.15, 0.2) is 36.4 Å². The van der Waals surface area contributed by atoms with Crippen LogP contribution in [0.5, 0.6) is 17.2 Å². The Morgan fingerprint density at radius 1 is 1.08 bits per heavy atom. The first kappa shape index (κ1) is 17.1. The Morgan fingerprint density at radius 2 is 1.76 bits per heavy atom. The van der Waals surface area contributed by atoms with E-state index in [-0.39, 0.29) is 5.91 Å². The molecular weight excluding hydrogens is 318 g/mol. The van der Waals surface area contributed by atoms with Crippen molar-refractivity contribution in [1.82, 2.24) is 0 Å². The van der Waals surface area contributed by atoms with Crippen LogP contribution >= 0.6 is 0 Å². The number of hydrogen-bond acceptors (Lipinski definition) is 4. The smallest absolute Gasteiger partial charge is 0.265 e. The van der Waals surface area contributed by atoms with Crippen molar-refractivity contribution in [3.63, 3.8) is 0 Å². The molecule has 5 nitrogen and oxygen atoms in total. The first-order chi connectivity index (χ1) is 12.0. The summed E-state index contributed by atoms with van der Waals surface area (Å²) in [4.78, 5) is 12.6.